The van der Waals surface area contributed by atoms with Crippen LogP contribution < -0.4 is 9.47 Å². The third-order valence-corrected chi connectivity index (χ3v) is 7.71. The molecule has 2 aromatic carbocycles. The number of methoxy groups -OCH3 is 1. The van der Waals surface area contributed by atoms with Gasteiger partial charge >= 0.3 is 5.97 Å². The average Bonchev–Trinajstić information content (AvgIpc) is 2.92. The number of hydrogen-bond donors (Lipinski definition) is 0. The van der Waals surface area contributed by atoms with Gasteiger partial charge in [-0.2, -0.15) is 0 Å². The van der Waals surface area contributed by atoms with Crippen LogP contribution in [-0.2, 0) is 20.9 Å². The molecule has 2 atom stereocenters. The summed E-state index contributed by atoms with van der Waals surface area (Å²) in [5, 5.41) is 0. The number of allylic oxidation sites excluding steroid dienone is 2. The smallest absolute Gasteiger partial charge is 0.315 e. The summed E-state index contributed by atoms with van der Waals surface area (Å²) in [5.74, 6) is -0.120. The number of carbonyl (C=O) groups excluding carboxylic acids is 2. The molecule has 1 unspecified atom stereocenters. The molecule has 1 heterocycles. The van der Waals surface area contributed by atoms with E-state index in [-0.39, 0.29) is 17.9 Å². The molecule has 6 nitrogen and oxygen atoms in total. The minimum Gasteiger partial charge on any atom is -0.493 e. The van der Waals surface area contributed by atoms with E-state index in [9.17, 15) is 9.59 Å². The highest BCUT2D eigenvalue weighted by molar-refractivity contribution is 6.08. The number of aliphatic imine (C=N–C) groups is 1. The Morgan fingerprint density at radius 3 is 2.51 bits per heavy atom. The van der Waals surface area contributed by atoms with Crippen molar-refractivity contribution in [3.8, 4) is 11.5 Å². The Kier molecular flexibility index (Phi) is 7.73. The maximum Gasteiger partial charge on any atom is 0.315 e. The largest absolute Gasteiger partial charge is 0.493 e. The van der Waals surface area contributed by atoms with Gasteiger partial charge in [-0.25, -0.2) is 0 Å². The van der Waals surface area contributed by atoms with Crippen molar-refractivity contribution in [1.82, 2.24) is 0 Å². The van der Waals surface area contributed by atoms with E-state index in [4.69, 9.17) is 19.2 Å². The third-order valence-electron chi connectivity index (χ3n) is 7.71. The summed E-state index contributed by atoms with van der Waals surface area (Å²) in [4.78, 5) is 31.6. The standard InChI is InChI=1S/C31H35NO5/c1-20-28(31(34)37-23-12-7-4-8-13-23)29(30-24(32-20)14-9-15-25(30)33)22-16-17-26(27(18-22)35-2)36-19-21-10-5-3-6-11-21/h3,5-6,10-11,16-18,23,28-29H,4,7-9,12-15,19H2,1-2H3/t28?,29-/m1/s1. The number of rotatable bonds is 7. The van der Waals surface area contributed by atoms with Crippen LogP contribution in [0.1, 0.15) is 75.3 Å². The van der Waals surface area contributed by atoms with Gasteiger partial charge in [0, 0.05) is 29.3 Å². The average molecular weight is 502 g/mol. The zero-order valence-electron chi connectivity index (χ0n) is 21.7. The highest BCUT2D eigenvalue weighted by Crippen LogP contribution is 2.45. The predicted molar refractivity (Wildman–Crippen MR) is 142 cm³/mol. The van der Waals surface area contributed by atoms with Gasteiger partial charge in [-0.15, -0.1) is 0 Å². The molecule has 0 saturated heterocycles. The lowest BCUT2D eigenvalue weighted by Crippen LogP contribution is -2.38. The molecule has 0 spiro atoms. The molecular weight excluding hydrogens is 466 g/mol. The lowest BCUT2D eigenvalue weighted by Gasteiger charge is -2.35. The maximum absolute atomic E-state index is 13.6. The van der Waals surface area contributed by atoms with Gasteiger partial charge in [-0.05, 0) is 68.7 Å². The van der Waals surface area contributed by atoms with Crippen molar-refractivity contribution in [2.24, 2.45) is 10.9 Å². The molecule has 0 bridgehead atoms. The molecule has 0 amide bonds. The van der Waals surface area contributed by atoms with E-state index in [1.807, 2.05) is 55.5 Å². The predicted octanol–water partition coefficient (Wildman–Crippen LogP) is 6.33. The Morgan fingerprint density at radius 1 is 0.973 bits per heavy atom. The van der Waals surface area contributed by atoms with Gasteiger partial charge in [-0.3, -0.25) is 14.6 Å². The topological polar surface area (TPSA) is 74.2 Å². The van der Waals surface area contributed by atoms with E-state index in [0.29, 0.717) is 35.8 Å². The lowest BCUT2D eigenvalue weighted by molar-refractivity contribution is -0.153. The Bertz CT molecular complexity index is 1210. The number of ether oxygens (including phenoxy) is 3. The molecule has 5 rings (SSSR count). The second kappa shape index (κ2) is 11.3. The van der Waals surface area contributed by atoms with Crippen LogP contribution in [0, 0.1) is 5.92 Å². The highest BCUT2D eigenvalue weighted by atomic mass is 16.5. The van der Waals surface area contributed by atoms with Crippen molar-refractivity contribution >= 4 is 17.5 Å². The summed E-state index contributed by atoms with van der Waals surface area (Å²) in [7, 11) is 1.60. The first-order chi connectivity index (χ1) is 18.0. The lowest BCUT2D eigenvalue weighted by atomic mass is 9.71. The van der Waals surface area contributed by atoms with Gasteiger partial charge in [0.05, 0.1) is 7.11 Å². The quantitative estimate of drug-likeness (QED) is 0.415. The maximum atomic E-state index is 13.6. The van der Waals surface area contributed by atoms with E-state index >= 15 is 0 Å². The summed E-state index contributed by atoms with van der Waals surface area (Å²) < 4.78 is 17.8. The Labute approximate surface area is 218 Å². The minimum absolute atomic E-state index is 0.0598. The monoisotopic (exact) mass is 501 g/mol. The van der Waals surface area contributed by atoms with Crippen LogP contribution >= 0.6 is 0 Å². The van der Waals surface area contributed by atoms with Crippen molar-refractivity contribution in [2.45, 2.75) is 76.9 Å². The molecule has 1 aliphatic heterocycles. The SMILES string of the molecule is COc1cc([C@H]2C3=C(CCCC3=O)N=C(C)C2C(=O)OC2CCCCC2)ccc1OCc1ccccc1. The molecule has 3 aliphatic rings. The number of Topliss-reactive ketones (excluding diaryl/α,β-unsaturated/α-hetero) is 1. The Balaban J connectivity index is 1.47. The van der Waals surface area contributed by atoms with Crippen LogP contribution in [0.15, 0.2) is 64.8 Å². The van der Waals surface area contributed by atoms with Crippen LogP contribution in [0.5, 0.6) is 11.5 Å². The number of hydrogen-bond acceptors (Lipinski definition) is 6. The van der Waals surface area contributed by atoms with Gasteiger partial charge in [-0.1, -0.05) is 42.8 Å². The molecule has 194 valence electrons. The Morgan fingerprint density at radius 2 is 1.76 bits per heavy atom. The van der Waals surface area contributed by atoms with E-state index in [1.165, 1.54) is 6.42 Å². The fourth-order valence-corrected chi connectivity index (χ4v) is 5.82. The molecule has 1 saturated carbocycles. The van der Waals surface area contributed by atoms with Crippen molar-refractivity contribution < 1.29 is 23.8 Å². The molecule has 2 aliphatic carbocycles. The molecule has 37 heavy (non-hydrogen) atoms. The fourth-order valence-electron chi connectivity index (χ4n) is 5.82. The van der Waals surface area contributed by atoms with Crippen molar-refractivity contribution in [3.63, 3.8) is 0 Å². The van der Waals surface area contributed by atoms with Gasteiger partial charge in [0.1, 0.15) is 18.6 Å². The van der Waals surface area contributed by atoms with Crippen molar-refractivity contribution in [2.75, 3.05) is 7.11 Å². The van der Waals surface area contributed by atoms with E-state index in [2.05, 4.69) is 0 Å². The van der Waals surface area contributed by atoms with Crippen LogP contribution in [0.2, 0.25) is 0 Å². The number of esters is 1. The Hall–Kier alpha value is -3.41. The normalized spacial score (nSPS) is 22.2. The van der Waals surface area contributed by atoms with Crippen LogP contribution in [0.3, 0.4) is 0 Å². The number of ketones is 1. The molecule has 6 heteroatoms. The molecular formula is C31H35NO5. The van der Waals surface area contributed by atoms with Gasteiger partial charge in [0.2, 0.25) is 0 Å². The summed E-state index contributed by atoms with van der Waals surface area (Å²) >= 11 is 0. The molecule has 0 radical (unpaired) electrons. The summed E-state index contributed by atoms with van der Waals surface area (Å²) in [5.41, 5.74) is 4.07. The van der Waals surface area contributed by atoms with Gasteiger partial charge in [0.15, 0.2) is 17.3 Å². The minimum atomic E-state index is -0.636. The van der Waals surface area contributed by atoms with E-state index in [1.54, 1.807) is 7.11 Å². The number of benzene rings is 2. The van der Waals surface area contributed by atoms with E-state index < -0.39 is 11.8 Å². The van der Waals surface area contributed by atoms with Gasteiger partial charge in [0.25, 0.3) is 0 Å². The third kappa shape index (κ3) is 5.48. The summed E-state index contributed by atoms with van der Waals surface area (Å²) in [6, 6.07) is 15.7. The highest BCUT2D eigenvalue weighted by Gasteiger charge is 2.44. The molecule has 2 aromatic rings. The zero-order chi connectivity index (χ0) is 25.8. The summed E-state index contributed by atoms with van der Waals surface area (Å²) in [6.07, 6.45) is 7.08. The van der Waals surface area contributed by atoms with Gasteiger partial charge < -0.3 is 14.2 Å². The fraction of sp³-hybridized carbons (Fsp3) is 0.452. The summed E-state index contributed by atoms with van der Waals surface area (Å²) in [6.45, 7) is 2.30. The molecule has 0 aromatic heterocycles. The molecule has 1 fully saturated rings. The second-order valence-electron chi connectivity index (χ2n) is 10.2. The van der Waals surface area contributed by atoms with Crippen LogP contribution in [0.25, 0.3) is 0 Å². The van der Waals surface area contributed by atoms with E-state index in [0.717, 1.165) is 55.3 Å². The first-order valence-electron chi connectivity index (χ1n) is 13.4. The zero-order valence-corrected chi connectivity index (χ0v) is 21.7. The first-order valence-corrected chi connectivity index (χ1v) is 13.4. The van der Waals surface area contributed by atoms with Crippen molar-refractivity contribution in [1.29, 1.82) is 0 Å². The number of nitrogens with zero attached hydrogens (tertiary/aromatic N) is 1. The van der Waals surface area contributed by atoms with Crippen LogP contribution in [-0.4, -0.2) is 30.7 Å². The first kappa shape index (κ1) is 25.2. The molecule has 0 N–H and O–H groups in total. The van der Waals surface area contributed by atoms with Crippen molar-refractivity contribution in [3.05, 3.63) is 70.9 Å². The number of carbonyl (C=O) groups is 2. The second-order valence-corrected chi connectivity index (χ2v) is 10.2. The van der Waals surface area contributed by atoms with Crippen LogP contribution in [0.4, 0.5) is 0 Å².